The fraction of sp³-hybridized carbons (Fsp3) is 0. The topological polar surface area (TPSA) is 31.5 Å². The van der Waals surface area contributed by atoms with Crippen LogP contribution in [0, 0.1) is 0 Å². The van der Waals surface area contributed by atoms with E-state index in [4.69, 9.17) is 58.1 Å². The van der Waals surface area contributed by atoms with E-state index >= 15 is 0 Å². The first kappa shape index (κ1) is 18.7. The van der Waals surface area contributed by atoms with Gasteiger partial charge in [-0.25, -0.2) is 0 Å². The molecule has 0 heterocycles. The van der Waals surface area contributed by atoms with E-state index in [1.807, 2.05) is 0 Å². The molecule has 0 rings (SSSR count). The van der Waals surface area contributed by atoms with E-state index in [2.05, 4.69) is 0 Å². The zero-order valence-corrected chi connectivity index (χ0v) is 9.40. The number of rotatable bonds is 0. The molecule has 0 unspecified atom stereocenters. The molecule has 0 saturated carbocycles. The quantitative estimate of drug-likeness (QED) is 0.586. The minimum absolute atomic E-state index is 0. The van der Waals surface area contributed by atoms with Gasteiger partial charge < -0.3 is 5.48 Å². The first-order valence-electron chi connectivity index (χ1n) is 0.802. The van der Waals surface area contributed by atoms with E-state index < -0.39 is 6.48 Å². The summed E-state index contributed by atoms with van der Waals surface area (Å²) in [5.74, 6) is 0. The Kier molecular flexibility index (Phi) is 8.30. The second-order valence-corrected chi connectivity index (χ2v) is 40.3. The fourth-order valence-electron chi connectivity index (χ4n) is 0. The van der Waals surface area contributed by atoms with Crippen LogP contribution in [-0.4, -0.2) is 56.9 Å². The Bertz CT molecular complexity index is 71.6. The van der Waals surface area contributed by atoms with Gasteiger partial charge >= 0.3 is 116 Å². The Balaban J connectivity index is -0.000000180. The summed E-state index contributed by atoms with van der Waals surface area (Å²) in [5.41, 5.74) is 0. The van der Waals surface area contributed by atoms with Gasteiger partial charge in [-0.1, -0.05) is 0 Å². The molecule has 0 aromatic rings. The maximum atomic E-state index is 5.04. The van der Waals surface area contributed by atoms with Crippen molar-refractivity contribution < 1.29 is 12.0 Å². The fourth-order valence-corrected chi connectivity index (χ4v) is 0. The number of halogens is 6. The van der Waals surface area contributed by atoms with Gasteiger partial charge in [-0.2, -0.15) is 0 Å². The van der Waals surface area contributed by atoms with Crippen molar-refractivity contribution in [2.24, 2.45) is 0 Å². The Labute approximate surface area is 118 Å². The first-order chi connectivity index (χ1) is 2.45. The average Bonchev–Trinajstić information content (AvgIpc) is 0.592. The second-order valence-electron chi connectivity index (χ2n) is 0.758. The normalized spacial score (nSPS) is 18.0. The van der Waals surface area contributed by atoms with E-state index in [1.165, 1.54) is 0 Å². The molecule has 0 amide bonds. The van der Waals surface area contributed by atoms with Crippen LogP contribution in [0.25, 0.3) is 0 Å². The van der Waals surface area contributed by atoms with Crippen molar-refractivity contribution in [3.63, 3.8) is 0 Å². The van der Waals surface area contributed by atoms with E-state index in [0.29, 0.717) is 0 Å². The summed E-state index contributed by atoms with van der Waals surface area (Å²) in [6.07, 6.45) is 0. The molecule has 0 aliphatic heterocycles. The van der Waals surface area contributed by atoms with Gasteiger partial charge in [0.05, 0.1) is 0 Å². The summed E-state index contributed by atoms with van der Waals surface area (Å²) >= 11 is 0. The molecule has 0 aliphatic carbocycles. The molecular formula is H3Cl6KORu. The third-order valence-corrected chi connectivity index (χ3v) is 0. The van der Waals surface area contributed by atoms with Crippen LogP contribution in [0.15, 0.2) is 0 Å². The van der Waals surface area contributed by atoms with E-state index in [9.17, 15) is 0 Å². The summed E-state index contributed by atoms with van der Waals surface area (Å²) < 4.78 is 0. The average molecular weight is 372 g/mol. The van der Waals surface area contributed by atoms with Crippen LogP contribution in [0.5, 0.6) is 0 Å². The Hall–Kier alpha value is 3.96. The van der Waals surface area contributed by atoms with Crippen molar-refractivity contribution in [3.05, 3.63) is 0 Å². The first-order valence-corrected chi connectivity index (χ1v) is 14.2. The number of hydrogen-bond donors (Lipinski definition) is 0. The van der Waals surface area contributed by atoms with Crippen LogP contribution in [0.2, 0.25) is 0 Å². The van der Waals surface area contributed by atoms with Crippen molar-refractivity contribution in [2.75, 3.05) is 0 Å². The van der Waals surface area contributed by atoms with Gasteiger partial charge in [0, 0.05) is 0 Å². The summed E-state index contributed by atoms with van der Waals surface area (Å²) in [7, 11) is 30.3. The molecular weight excluding hydrogens is 369 g/mol. The van der Waals surface area contributed by atoms with E-state index in [0.717, 1.165) is 0 Å². The van der Waals surface area contributed by atoms with Crippen LogP contribution in [-0.2, 0) is 6.48 Å². The molecule has 0 aliphatic rings. The number of hydrogen-bond acceptors (Lipinski definition) is 0. The Morgan fingerprint density at radius 1 is 0.667 bits per heavy atom. The monoisotopic (exact) mass is 370 g/mol. The van der Waals surface area contributed by atoms with Crippen molar-refractivity contribution in [1.29, 1.82) is 0 Å². The van der Waals surface area contributed by atoms with Crippen molar-refractivity contribution in [3.8, 4) is 0 Å². The van der Waals surface area contributed by atoms with Gasteiger partial charge in [-0.3, -0.25) is 0 Å². The summed E-state index contributed by atoms with van der Waals surface area (Å²) in [5, 5.41) is 0. The predicted octanol–water partition coefficient (Wildman–Crippen LogP) is 2.66. The summed E-state index contributed by atoms with van der Waals surface area (Å²) in [6.45, 7) is -5.22. The molecule has 0 radical (unpaired) electrons. The third-order valence-electron chi connectivity index (χ3n) is 0. The molecule has 60 valence electrons. The molecule has 0 aromatic carbocycles. The molecule has 0 atom stereocenters. The molecule has 0 bridgehead atoms. The molecule has 2 N–H and O–H groups in total. The molecule has 0 spiro atoms. The van der Waals surface area contributed by atoms with Crippen molar-refractivity contribution >= 4 is 110 Å². The molecule has 0 fully saturated rings. The van der Waals surface area contributed by atoms with Gasteiger partial charge in [0.25, 0.3) is 0 Å². The van der Waals surface area contributed by atoms with Gasteiger partial charge in [-0.05, 0) is 0 Å². The minimum atomic E-state index is -5.22. The van der Waals surface area contributed by atoms with Crippen LogP contribution < -0.4 is 0 Å². The Morgan fingerprint density at radius 2 is 0.667 bits per heavy atom. The maximum absolute atomic E-state index is 5.22. The standard InChI is InChI=1S/6ClH.K.H2O.Ru.H/h6*1H;;1H2;;/q;;;;;;;;+6;/p-6. The third kappa shape index (κ3) is 75.7. The molecule has 0 saturated heterocycles. The summed E-state index contributed by atoms with van der Waals surface area (Å²) in [6, 6.07) is 0. The zero-order valence-electron chi connectivity index (χ0n) is 3.12. The van der Waals surface area contributed by atoms with Crippen LogP contribution >= 0.6 is 58.1 Å². The molecule has 9 heteroatoms. The zero-order chi connectivity index (χ0) is 6.41. The predicted molar refractivity (Wildman–Crippen MR) is 45.9 cm³/mol. The van der Waals surface area contributed by atoms with Gasteiger partial charge in [0.1, 0.15) is 0 Å². The summed E-state index contributed by atoms with van der Waals surface area (Å²) in [4.78, 5) is 0. The van der Waals surface area contributed by atoms with Crippen LogP contribution in [0.4, 0.5) is 0 Å². The van der Waals surface area contributed by atoms with Gasteiger partial charge in [-0.15, -0.1) is 0 Å². The Morgan fingerprint density at radius 3 is 0.667 bits per heavy atom. The van der Waals surface area contributed by atoms with E-state index in [1.54, 1.807) is 0 Å². The molecule has 9 heavy (non-hydrogen) atoms. The van der Waals surface area contributed by atoms with Gasteiger partial charge in [0.2, 0.25) is 0 Å². The van der Waals surface area contributed by atoms with E-state index in [-0.39, 0.29) is 56.9 Å². The van der Waals surface area contributed by atoms with Gasteiger partial charge in [0.15, 0.2) is 0 Å². The van der Waals surface area contributed by atoms with Crippen molar-refractivity contribution in [1.82, 2.24) is 0 Å². The SMILES string of the molecule is O.[Cl][Ru]([Cl])([Cl])([Cl])([Cl])[Cl].[KH]. The molecule has 0 aromatic heterocycles. The van der Waals surface area contributed by atoms with Crippen molar-refractivity contribution in [2.45, 2.75) is 0 Å². The second kappa shape index (κ2) is 4.00. The van der Waals surface area contributed by atoms with Crippen LogP contribution in [0.1, 0.15) is 0 Å². The molecule has 1 nitrogen and oxygen atoms in total. The van der Waals surface area contributed by atoms with Crippen LogP contribution in [0.3, 0.4) is 0 Å².